The van der Waals surface area contributed by atoms with Crippen LogP contribution in [0.3, 0.4) is 0 Å². The first-order valence-electron chi connectivity index (χ1n) is 9.20. The molecule has 4 rings (SSSR count). The Bertz CT molecular complexity index is 952. The molecular formula is C19H23N5O3S. The Balaban J connectivity index is 1.64. The molecule has 3 atom stereocenters. The first kappa shape index (κ1) is 19.0. The lowest BCUT2D eigenvalue weighted by Crippen LogP contribution is -2.42. The molecule has 28 heavy (non-hydrogen) atoms. The molecule has 2 aliphatic heterocycles. The molecule has 8 nitrogen and oxygen atoms in total. The number of fused-ring (bicyclic) bond motifs is 1. The minimum atomic E-state index is -3.56. The predicted octanol–water partition coefficient (Wildman–Crippen LogP) is 1.03. The van der Waals surface area contributed by atoms with Gasteiger partial charge in [-0.2, -0.15) is 27.2 Å². The summed E-state index contributed by atoms with van der Waals surface area (Å²) in [6.45, 7) is 1.46. The maximum Gasteiger partial charge on any atom is 0.282 e. The van der Waals surface area contributed by atoms with Gasteiger partial charge in [-0.3, -0.25) is 4.79 Å². The molecule has 2 fully saturated rings. The summed E-state index contributed by atoms with van der Waals surface area (Å²) in [4.78, 5) is 14.6. The highest BCUT2D eigenvalue weighted by molar-refractivity contribution is 7.86. The van der Waals surface area contributed by atoms with Gasteiger partial charge in [0.05, 0.1) is 24.0 Å². The van der Waals surface area contributed by atoms with Crippen molar-refractivity contribution in [3.8, 4) is 0 Å². The van der Waals surface area contributed by atoms with Crippen LogP contribution in [0.1, 0.15) is 22.0 Å². The average molecular weight is 401 g/mol. The summed E-state index contributed by atoms with van der Waals surface area (Å²) in [5.41, 5.74) is 1.46. The Kier molecular flexibility index (Phi) is 4.90. The summed E-state index contributed by atoms with van der Waals surface area (Å²) in [5, 5.41) is 7.50. The molecule has 1 aromatic heterocycles. The van der Waals surface area contributed by atoms with Crippen LogP contribution in [0.15, 0.2) is 48.8 Å². The highest BCUT2D eigenvalue weighted by Crippen LogP contribution is 2.46. The van der Waals surface area contributed by atoms with Crippen molar-refractivity contribution in [2.75, 3.05) is 33.7 Å². The number of rotatable bonds is 4. The third kappa shape index (κ3) is 3.19. The van der Waals surface area contributed by atoms with E-state index in [1.54, 1.807) is 24.5 Å². The largest absolute Gasteiger partial charge is 0.338 e. The van der Waals surface area contributed by atoms with E-state index >= 15 is 0 Å². The summed E-state index contributed by atoms with van der Waals surface area (Å²) in [7, 11) is -0.454. The van der Waals surface area contributed by atoms with Gasteiger partial charge < -0.3 is 4.90 Å². The first-order chi connectivity index (χ1) is 13.4. The minimum absolute atomic E-state index is 0.0517. The van der Waals surface area contributed by atoms with E-state index in [2.05, 4.69) is 10.2 Å². The number of amides is 1. The van der Waals surface area contributed by atoms with E-state index < -0.39 is 10.2 Å². The zero-order chi connectivity index (χ0) is 19.9. The predicted molar refractivity (Wildman–Crippen MR) is 103 cm³/mol. The maximum atomic E-state index is 12.9. The lowest BCUT2D eigenvalue weighted by atomic mass is 9.90. The van der Waals surface area contributed by atoms with Crippen LogP contribution in [0.5, 0.6) is 0 Å². The van der Waals surface area contributed by atoms with Gasteiger partial charge in [0.2, 0.25) is 0 Å². The van der Waals surface area contributed by atoms with E-state index in [1.165, 1.54) is 16.7 Å². The lowest BCUT2D eigenvalue weighted by molar-refractivity contribution is 0.0772. The van der Waals surface area contributed by atoms with Crippen LogP contribution < -0.4 is 0 Å². The summed E-state index contributed by atoms with van der Waals surface area (Å²) in [6.07, 6.45) is 2.97. The van der Waals surface area contributed by atoms with Gasteiger partial charge in [0.15, 0.2) is 0 Å². The molecule has 0 aliphatic carbocycles. The molecule has 0 unspecified atom stereocenters. The molecule has 0 bridgehead atoms. The molecular weight excluding hydrogens is 378 g/mol. The van der Waals surface area contributed by atoms with Crippen LogP contribution in [-0.4, -0.2) is 71.8 Å². The average Bonchev–Trinajstić information content (AvgIpc) is 3.27. The Morgan fingerprint density at radius 1 is 1.07 bits per heavy atom. The van der Waals surface area contributed by atoms with Crippen LogP contribution >= 0.6 is 0 Å². The maximum absolute atomic E-state index is 12.9. The Morgan fingerprint density at radius 3 is 2.46 bits per heavy atom. The van der Waals surface area contributed by atoms with Crippen molar-refractivity contribution < 1.29 is 13.2 Å². The van der Waals surface area contributed by atoms with E-state index in [0.717, 1.165) is 5.56 Å². The minimum Gasteiger partial charge on any atom is -0.338 e. The Labute approximate surface area is 165 Å². The molecule has 2 saturated heterocycles. The molecule has 1 amide bonds. The number of nitrogens with zero attached hydrogens (tertiary/aromatic N) is 5. The van der Waals surface area contributed by atoms with Gasteiger partial charge in [0.25, 0.3) is 16.1 Å². The second-order valence-electron chi connectivity index (χ2n) is 7.48. The second kappa shape index (κ2) is 7.23. The van der Waals surface area contributed by atoms with Crippen LogP contribution in [-0.2, 0) is 10.2 Å². The fourth-order valence-corrected chi connectivity index (χ4v) is 5.65. The van der Waals surface area contributed by atoms with Gasteiger partial charge in [-0.05, 0) is 17.5 Å². The van der Waals surface area contributed by atoms with E-state index in [9.17, 15) is 13.2 Å². The summed E-state index contributed by atoms with van der Waals surface area (Å²) >= 11 is 0. The van der Waals surface area contributed by atoms with Gasteiger partial charge in [-0.25, -0.2) is 0 Å². The van der Waals surface area contributed by atoms with Gasteiger partial charge in [0, 0.05) is 39.6 Å². The number of likely N-dealkylation sites (tertiary alicyclic amines) is 1. The lowest BCUT2D eigenvalue weighted by Gasteiger charge is -2.31. The van der Waals surface area contributed by atoms with Crippen molar-refractivity contribution in [3.05, 3.63) is 59.9 Å². The number of hydrogen-bond acceptors (Lipinski definition) is 5. The van der Waals surface area contributed by atoms with Gasteiger partial charge >= 0.3 is 0 Å². The summed E-state index contributed by atoms with van der Waals surface area (Å²) < 4.78 is 28.7. The fourth-order valence-electron chi connectivity index (χ4n) is 4.28. The van der Waals surface area contributed by atoms with Crippen LogP contribution in [0.25, 0.3) is 0 Å². The number of aromatic nitrogens is 2. The zero-order valence-corrected chi connectivity index (χ0v) is 16.7. The fraction of sp³-hybridized carbons (Fsp3) is 0.421. The third-order valence-electron chi connectivity index (χ3n) is 5.64. The molecule has 1 aromatic carbocycles. The molecule has 0 saturated carbocycles. The molecule has 0 spiro atoms. The topological polar surface area (TPSA) is 86.7 Å². The van der Waals surface area contributed by atoms with Crippen molar-refractivity contribution in [2.45, 2.75) is 6.04 Å². The monoisotopic (exact) mass is 401 g/mol. The van der Waals surface area contributed by atoms with E-state index in [4.69, 9.17) is 0 Å². The van der Waals surface area contributed by atoms with Crippen molar-refractivity contribution in [1.29, 1.82) is 0 Å². The molecule has 148 valence electrons. The van der Waals surface area contributed by atoms with Gasteiger partial charge in [-0.15, -0.1) is 0 Å². The van der Waals surface area contributed by atoms with Gasteiger partial charge in [0.1, 0.15) is 0 Å². The van der Waals surface area contributed by atoms with Crippen molar-refractivity contribution in [2.24, 2.45) is 11.8 Å². The number of hydrogen-bond donors (Lipinski definition) is 0. The van der Waals surface area contributed by atoms with E-state index in [0.29, 0.717) is 25.2 Å². The molecule has 0 N–H and O–H groups in total. The van der Waals surface area contributed by atoms with Crippen LogP contribution in [0, 0.1) is 11.8 Å². The standard InChI is InChI=1S/C19H23N5O3S/c1-22(2)28(26,27)24-12-16-11-23(19(25)15-8-9-20-21-10-15)13-17(16)18(24)14-6-4-3-5-7-14/h3-10,16-18H,11-13H2,1-2H3/t16-,17-,18-/m0/s1. The molecule has 3 heterocycles. The van der Waals surface area contributed by atoms with Crippen molar-refractivity contribution in [3.63, 3.8) is 0 Å². The highest BCUT2D eigenvalue weighted by atomic mass is 32.2. The number of carbonyl (C=O) groups is 1. The molecule has 2 aromatic rings. The Hall–Kier alpha value is -2.36. The normalized spacial score (nSPS) is 25.2. The smallest absolute Gasteiger partial charge is 0.282 e. The first-order valence-corrected chi connectivity index (χ1v) is 10.6. The van der Waals surface area contributed by atoms with E-state index in [-0.39, 0.29) is 23.8 Å². The second-order valence-corrected chi connectivity index (χ2v) is 9.58. The van der Waals surface area contributed by atoms with Crippen molar-refractivity contribution >= 4 is 16.1 Å². The van der Waals surface area contributed by atoms with Gasteiger partial charge in [-0.1, -0.05) is 30.3 Å². The molecule has 0 radical (unpaired) electrons. The number of benzene rings is 1. The molecule has 9 heteroatoms. The quantitative estimate of drug-likeness (QED) is 0.764. The van der Waals surface area contributed by atoms with Crippen LogP contribution in [0.4, 0.5) is 0 Å². The number of carbonyl (C=O) groups excluding carboxylic acids is 1. The summed E-state index contributed by atoms with van der Waals surface area (Å²) in [5.74, 6) is 0.0627. The SMILES string of the molecule is CN(C)S(=O)(=O)N1C[C@@H]2CN(C(=O)c3ccnnc3)C[C@@H]2[C@@H]1c1ccccc1. The van der Waals surface area contributed by atoms with E-state index in [1.807, 2.05) is 35.2 Å². The summed E-state index contributed by atoms with van der Waals surface area (Å²) in [6, 6.07) is 11.0. The third-order valence-corrected chi connectivity index (χ3v) is 7.53. The van der Waals surface area contributed by atoms with Crippen molar-refractivity contribution in [1.82, 2.24) is 23.7 Å². The van der Waals surface area contributed by atoms with Crippen LogP contribution in [0.2, 0.25) is 0 Å². The zero-order valence-electron chi connectivity index (χ0n) is 15.8. The highest BCUT2D eigenvalue weighted by Gasteiger charge is 2.52. The Morgan fingerprint density at radius 2 is 1.82 bits per heavy atom. The molecule has 2 aliphatic rings.